The van der Waals surface area contributed by atoms with Gasteiger partial charge in [0.2, 0.25) is 11.9 Å². The smallest absolute Gasteiger partial charge is 0.301 e. The number of aromatic nitrogens is 2. The molecule has 2 N–H and O–H groups in total. The van der Waals surface area contributed by atoms with Crippen LogP contribution in [0.5, 0.6) is 11.5 Å². The molecule has 242 valence electrons. The van der Waals surface area contributed by atoms with E-state index >= 15 is 0 Å². The van der Waals surface area contributed by atoms with Crippen LogP contribution >= 0.6 is 0 Å². The van der Waals surface area contributed by atoms with Gasteiger partial charge >= 0.3 is 5.92 Å². The second kappa shape index (κ2) is 13.5. The zero-order valence-electron chi connectivity index (χ0n) is 25.5. The van der Waals surface area contributed by atoms with Crippen LogP contribution < -0.4 is 14.8 Å². The summed E-state index contributed by atoms with van der Waals surface area (Å²) in [4.78, 5) is 24.1. The molecule has 11 nitrogen and oxygen atoms in total. The normalized spacial score (nSPS) is 20.4. The molecule has 0 spiro atoms. The molecule has 3 saturated heterocycles. The Morgan fingerprint density at radius 2 is 1.93 bits per heavy atom. The number of piperidine rings is 2. The first kappa shape index (κ1) is 31.6. The molecule has 3 aliphatic rings. The maximum absolute atomic E-state index is 14.8. The Morgan fingerprint density at radius 1 is 1.13 bits per heavy atom. The summed E-state index contributed by atoms with van der Waals surface area (Å²) in [5, 5.41) is 22.0. The highest BCUT2D eigenvalue weighted by molar-refractivity contribution is 5.77. The largest absolute Gasteiger partial charge is 0.496 e. The maximum Gasteiger partial charge on any atom is 0.301 e. The third kappa shape index (κ3) is 6.74. The van der Waals surface area contributed by atoms with Gasteiger partial charge in [0.05, 0.1) is 44.2 Å². The van der Waals surface area contributed by atoms with Crippen molar-refractivity contribution in [1.29, 1.82) is 5.26 Å². The van der Waals surface area contributed by atoms with Crippen molar-refractivity contribution < 1.29 is 32.9 Å². The summed E-state index contributed by atoms with van der Waals surface area (Å²) in [6.07, 6.45) is 2.05. The van der Waals surface area contributed by atoms with Crippen molar-refractivity contribution in [3.8, 4) is 28.8 Å². The van der Waals surface area contributed by atoms with Crippen molar-refractivity contribution in [1.82, 2.24) is 19.8 Å². The molecule has 0 bridgehead atoms. The first-order valence-electron chi connectivity index (χ1n) is 15.4. The number of hydrogen-bond donors (Lipinski definition) is 2. The molecule has 2 aromatic carbocycles. The van der Waals surface area contributed by atoms with Crippen LogP contribution in [0.3, 0.4) is 0 Å². The molecule has 4 heterocycles. The fourth-order valence-electron chi connectivity index (χ4n) is 6.25. The average molecular weight is 635 g/mol. The lowest BCUT2D eigenvalue weighted by molar-refractivity contribution is -0.161. The molecule has 13 heteroatoms. The van der Waals surface area contributed by atoms with E-state index in [1.807, 2.05) is 18.2 Å². The quantitative estimate of drug-likeness (QED) is 0.357. The number of likely N-dealkylation sites (tertiary alicyclic amines) is 2. The van der Waals surface area contributed by atoms with E-state index in [9.17, 15) is 18.8 Å². The van der Waals surface area contributed by atoms with E-state index < -0.39 is 31.1 Å². The SMILES string of the molecule is COc1cc(Nc2nccc(-c3ccc(OC4CCN(C(=O)CO)CC4(F)F)c(C#N)c3)n2)ccc1C1CCN(C2COC2)CC1. The number of carbonyl (C=O) groups is 1. The summed E-state index contributed by atoms with van der Waals surface area (Å²) < 4.78 is 46.3. The Bertz CT molecular complexity index is 1610. The number of nitriles is 1. The maximum atomic E-state index is 14.8. The van der Waals surface area contributed by atoms with Gasteiger partial charge in [-0.1, -0.05) is 6.07 Å². The molecule has 3 aromatic rings. The van der Waals surface area contributed by atoms with E-state index in [0.29, 0.717) is 29.2 Å². The molecule has 46 heavy (non-hydrogen) atoms. The number of nitrogens with zero attached hydrogens (tertiary/aromatic N) is 5. The van der Waals surface area contributed by atoms with E-state index in [1.165, 1.54) is 17.7 Å². The van der Waals surface area contributed by atoms with Crippen molar-refractivity contribution in [3.63, 3.8) is 0 Å². The van der Waals surface area contributed by atoms with Gasteiger partial charge in [-0.15, -0.1) is 0 Å². The van der Waals surface area contributed by atoms with Gasteiger partial charge in [-0.05, 0) is 67.7 Å². The van der Waals surface area contributed by atoms with Crippen LogP contribution in [0.4, 0.5) is 20.4 Å². The van der Waals surface area contributed by atoms with E-state index in [-0.39, 0.29) is 24.3 Å². The number of hydrogen-bond acceptors (Lipinski definition) is 10. The number of carbonyl (C=O) groups excluding carboxylic acids is 1. The second-order valence-corrected chi connectivity index (χ2v) is 11.8. The highest BCUT2D eigenvalue weighted by Crippen LogP contribution is 2.38. The summed E-state index contributed by atoms with van der Waals surface area (Å²) in [5.74, 6) is -2.55. The molecule has 6 rings (SSSR count). The number of methoxy groups -OCH3 is 1. The standard InChI is InChI=1S/C33H36F2N6O5/c1-44-29-15-24(3-4-26(29)21-7-11-40(12-8-21)25-18-45-19-25)38-32-37-10-6-27(39-32)22-2-5-28(23(14-22)16-36)46-30-9-13-41(31(43)17-42)20-33(30,34)35/h2-6,10,14-15,21,25,30,42H,7-9,11-13,17-20H2,1H3,(H,37,38,39). The van der Waals surface area contributed by atoms with Crippen LogP contribution in [0.1, 0.15) is 36.3 Å². The minimum absolute atomic E-state index is 0.0141. The number of ether oxygens (including phenoxy) is 3. The third-order valence-electron chi connectivity index (χ3n) is 8.94. The van der Waals surface area contributed by atoms with Crippen LogP contribution in [0.15, 0.2) is 48.7 Å². The average Bonchev–Trinajstić information content (AvgIpc) is 3.05. The van der Waals surface area contributed by atoms with Crippen molar-refractivity contribution >= 4 is 17.5 Å². The minimum atomic E-state index is -3.36. The van der Waals surface area contributed by atoms with Gasteiger partial charge in [-0.2, -0.15) is 5.26 Å². The monoisotopic (exact) mass is 634 g/mol. The van der Waals surface area contributed by atoms with Gasteiger partial charge in [0.1, 0.15) is 24.2 Å². The summed E-state index contributed by atoms with van der Waals surface area (Å²) >= 11 is 0. The minimum Gasteiger partial charge on any atom is -0.496 e. The molecule has 0 radical (unpaired) electrons. The van der Waals surface area contributed by atoms with Crippen LogP contribution in [0, 0.1) is 11.3 Å². The number of aliphatic hydroxyl groups excluding tert-OH is 1. The van der Waals surface area contributed by atoms with Crippen LogP contribution in [0.25, 0.3) is 11.3 Å². The number of aliphatic hydroxyl groups is 1. The Hall–Kier alpha value is -4.38. The highest BCUT2D eigenvalue weighted by atomic mass is 19.3. The van der Waals surface area contributed by atoms with Crippen molar-refractivity contribution in [2.24, 2.45) is 0 Å². The zero-order valence-corrected chi connectivity index (χ0v) is 25.5. The molecule has 1 amide bonds. The van der Waals surface area contributed by atoms with Crippen molar-refractivity contribution in [2.45, 2.75) is 43.2 Å². The molecule has 0 aliphatic carbocycles. The summed E-state index contributed by atoms with van der Waals surface area (Å²) in [7, 11) is 1.67. The predicted octanol–water partition coefficient (Wildman–Crippen LogP) is 3.95. The highest BCUT2D eigenvalue weighted by Gasteiger charge is 2.47. The molecule has 3 aliphatic heterocycles. The van der Waals surface area contributed by atoms with Crippen LogP contribution in [-0.4, -0.2) is 102 Å². The van der Waals surface area contributed by atoms with Crippen LogP contribution in [-0.2, 0) is 9.53 Å². The summed E-state index contributed by atoms with van der Waals surface area (Å²) in [5.41, 5.74) is 3.12. The Morgan fingerprint density at radius 3 is 2.61 bits per heavy atom. The molecule has 1 aromatic heterocycles. The first-order chi connectivity index (χ1) is 22.3. The summed E-state index contributed by atoms with van der Waals surface area (Å²) in [6, 6.07) is 14.9. The van der Waals surface area contributed by atoms with Gasteiger partial charge in [0.15, 0.2) is 6.10 Å². The molecule has 1 unspecified atom stereocenters. The van der Waals surface area contributed by atoms with E-state index in [1.54, 1.807) is 25.4 Å². The summed E-state index contributed by atoms with van der Waals surface area (Å²) in [6.45, 7) is 2.06. The molecule has 0 saturated carbocycles. The molecular formula is C33H36F2N6O5. The predicted molar refractivity (Wildman–Crippen MR) is 164 cm³/mol. The molecule has 3 fully saturated rings. The lowest BCUT2D eigenvalue weighted by Crippen LogP contribution is -2.55. The fraction of sp³-hybridized carbons (Fsp3) is 0.455. The van der Waals surface area contributed by atoms with Gasteiger partial charge in [-0.3, -0.25) is 9.69 Å². The van der Waals surface area contributed by atoms with E-state index in [0.717, 1.165) is 55.5 Å². The number of nitrogens with one attached hydrogen (secondary N) is 1. The van der Waals surface area contributed by atoms with Crippen molar-refractivity contribution in [2.75, 3.05) is 58.4 Å². The topological polar surface area (TPSA) is 133 Å². The van der Waals surface area contributed by atoms with Gasteiger partial charge in [0.25, 0.3) is 0 Å². The van der Waals surface area contributed by atoms with E-state index in [2.05, 4.69) is 26.3 Å². The second-order valence-electron chi connectivity index (χ2n) is 11.8. The first-order valence-corrected chi connectivity index (χ1v) is 15.4. The van der Waals surface area contributed by atoms with Crippen LogP contribution in [0.2, 0.25) is 0 Å². The lowest BCUT2D eigenvalue weighted by Gasteiger charge is -2.41. The van der Waals surface area contributed by atoms with Gasteiger partial charge < -0.3 is 29.5 Å². The Labute approximate surface area is 265 Å². The number of anilines is 2. The number of rotatable bonds is 9. The fourth-order valence-corrected chi connectivity index (χ4v) is 6.25. The van der Waals surface area contributed by atoms with Gasteiger partial charge in [0, 0.05) is 36.5 Å². The zero-order chi connectivity index (χ0) is 32.3. The Balaban J connectivity index is 1.13. The number of benzene rings is 2. The van der Waals surface area contributed by atoms with Gasteiger partial charge in [-0.25, -0.2) is 18.7 Å². The van der Waals surface area contributed by atoms with Crippen molar-refractivity contribution in [3.05, 3.63) is 59.8 Å². The Kier molecular flexibility index (Phi) is 9.30. The number of alkyl halides is 2. The molecular weight excluding hydrogens is 598 g/mol. The number of amides is 1. The number of halogens is 2. The van der Waals surface area contributed by atoms with E-state index in [4.69, 9.17) is 19.3 Å². The molecule has 1 atom stereocenters. The lowest BCUT2D eigenvalue weighted by atomic mass is 9.88. The third-order valence-corrected chi connectivity index (χ3v) is 8.94.